The van der Waals surface area contributed by atoms with E-state index in [9.17, 15) is 9.59 Å². The monoisotopic (exact) mass is 454 g/mol. The number of aryl methyl sites for hydroxylation is 1. The molecule has 8 heteroatoms. The molecule has 8 nitrogen and oxygen atoms in total. The number of rotatable bonds is 3. The van der Waals surface area contributed by atoms with Crippen LogP contribution in [0.3, 0.4) is 0 Å². The van der Waals surface area contributed by atoms with Gasteiger partial charge in [0, 0.05) is 35.6 Å². The SMILES string of the molecule is CCc1cc2cccc(C#CC3CC3)c2c(=O)n1C1CC1.NC(=O)c1c(N)nn2cccnc12. The summed E-state index contributed by atoms with van der Waals surface area (Å²) in [5, 5.41) is 5.72. The number of hydrogen-bond acceptors (Lipinski definition) is 5. The quantitative estimate of drug-likeness (QED) is 0.461. The summed E-state index contributed by atoms with van der Waals surface area (Å²) >= 11 is 0. The van der Waals surface area contributed by atoms with E-state index in [0.717, 1.165) is 41.3 Å². The van der Waals surface area contributed by atoms with Crippen LogP contribution in [0.1, 0.15) is 60.3 Å². The van der Waals surface area contributed by atoms with Crippen molar-refractivity contribution in [3.8, 4) is 11.8 Å². The second-order valence-corrected chi connectivity index (χ2v) is 8.72. The molecule has 0 unspecified atom stereocenters. The van der Waals surface area contributed by atoms with E-state index in [2.05, 4.69) is 34.9 Å². The summed E-state index contributed by atoms with van der Waals surface area (Å²) in [5.74, 6) is 6.58. The highest BCUT2D eigenvalue weighted by molar-refractivity contribution is 6.03. The summed E-state index contributed by atoms with van der Waals surface area (Å²) in [6.07, 6.45) is 8.78. The number of pyridine rings is 1. The third-order valence-electron chi connectivity index (χ3n) is 6.09. The molecule has 1 amide bonds. The van der Waals surface area contributed by atoms with Gasteiger partial charge in [-0.05, 0) is 55.7 Å². The van der Waals surface area contributed by atoms with Gasteiger partial charge >= 0.3 is 0 Å². The van der Waals surface area contributed by atoms with E-state index in [0.29, 0.717) is 17.6 Å². The maximum atomic E-state index is 13.0. The minimum Gasteiger partial charge on any atom is -0.381 e. The number of amides is 1. The average molecular weight is 455 g/mol. The number of fused-ring (bicyclic) bond motifs is 2. The lowest BCUT2D eigenvalue weighted by atomic mass is 10.0. The lowest BCUT2D eigenvalue weighted by Crippen LogP contribution is -2.23. The van der Waals surface area contributed by atoms with Crippen molar-refractivity contribution >= 4 is 28.1 Å². The van der Waals surface area contributed by atoms with Gasteiger partial charge < -0.3 is 16.0 Å². The number of hydrogen-bond donors (Lipinski definition) is 2. The number of nitrogens with zero attached hydrogens (tertiary/aromatic N) is 4. The van der Waals surface area contributed by atoms with E-state index in [1.807, 2.05) is 22.8 Å². The fraction of sp³-hybridized carbons (Fsp3) is 0.308. The summed E-state index contributed by atoms with van der Waals surface area (Å²) in [6, 6.07) is 10.3. The Labute approximate surface area is 196 Å². The Hall–Kier alpha value is -4.12. The van der Waals surface area contributed by atoms with Crippen LogP contribution in [0.2, 0.25) is 0 Å². The number of aromatic nitrogens is 4. The number of nitrogen functional groups attached to an aromatic ring is 1. The molecule has 2 fully saturated rings. The van der Waals surface area contributed by atoms with Crippen LogP contribution >= 0.6 is 0 Å². The van der Waals surface area contributed by atoms with Crippen LogP contribution in [0.5, 0.6) is 0 Å². The van der Waals surface area contributed by atoms with Gasteiger partial charge in [0.15, 0.2) is 11.5 Å². The van der Waals surface area contributed by atoms with Crippen molar-refractivity contribution in [3.63, 3.8) is 0 Å². The Morgan fingerprint density at radius 1 is 1.21 bits per heavy atom. The zero-order valence-electron chi connectivity index (χ0n) is 19.0. The zero-order chi connectivity index (χ0) is 23.8. The van der Waals surface area contributed by atoms with E-state index in [1.165, 1.54) is 17.4 Å². The van der Waals surface area contributed by atoms with E-state index >= 15 is 0 Å². The highest BCUT2D eigenvalue weighted by Gasteiger charge is 2.27. The third-order valence-corrected chi connectivity index (χ3v) is 6.09. The molecule has 0 bridgehead atoms. The van der Waals surface area contributed by atoms with Crippen LogP contribution in [0.15, 0.2) is 47.5 Å². The molecule has 6 rings (SSSR count). The van der Waals surface area contributed by atoms with Gasteiger partial charge in [0.25, 0.3) is 11.5 Å². The minimum atomic E-state index is -0.619. The van der Waals surface area contributed by atoms with Crippen molar-refractivity contribution in [1.29, 1.82) is 0 Å². The van der Waals surface area contributed by atoms with Gasteiger partial charge in [-0.15, -0.1) is 5.10 Å². The topological polar surface area (TPSA) is 121 Å². The molecule has 3 aromatic heterocycles. The molecule has 0 spiro atoms. The van der Waals surface area contributed by atoms with Crippen LogP contribution in [0.25, 0.3) is 16.4 Å². The second-order valence-electron chi connectivity index (χ2n) is 8.72. The highest BCUT2D eigenvalue weighted by atomic mass is 16.1. The molecule has 0 saturated heterocycles. The Morgan fingerprint density at radius 2 is 2.00 bits per heavy atom. The van der Waals surface area contributed by atoms with Crippen molar-refractivity contribution in [3.05, 3.63) is 69.9 Å². The Balaban J connectivity index is 0.000000159. The first-order chi connectivity index (χ1) is 16.5. The molecule has 0 atom stereocenters. The summed E-state index contributed by atoms with van der Waals surface area (Å²) in [6.45, 7) is 2.12. The number of benzene rings is 1. The molecule has 172 valence electrons. The van der Waals surface area contributed by atoms with Gasteiger partial charge in [0.2, 0.25) is 0 Å². The Bertz CT molecular complexity index is 1530. The van der Waals surface area contributed by atoms with E-state index < -0.39 is 5.91 Å². The van der Waals surface area contributed by atoms with Gasteiger partial charge in [-0.3, -0.25) is 9.59 Å². The first-order valence-corrected chi connectivity index (χ1v) is 11.5. The van der Waals surface area contributed by atoms with Gasteiger partial charge in [0.1, 0.15) is 5.56 Å². The van der Waals surface area contributed by atoms with Gasteiger partial charge in [-0.25, -0.2) is 9.50 Å². The fourth-order valence-electron chi connectivity index (χ4n) is 4.09. The van der Waals surface area contributed by atoms with Crippen molar-refractivity contribution in [2.45, 2.75) is 45.1 Å². The van der Waals surface area contributed by atoms with Crippen LogP contribution in [0, 0.1) is 17.8 Å². The maximum Gasteiger partial charge on any atom is 0.260 e. The molecule has 2 aliphatic rings. The smallest absolute Gasteiger partial charge is 0.260 e. The van der Waals surface area contributed by atoms with Crippen LogP contribution < -0.4 is 17.0 Å². The molecular weight excluding hydrogens is 428 g/mol. The van der Waals surface area contributed by atoms with E-state index in [4.69, 9.17) is 11.5 Å². The molecule has 34 heavy (non-hydrogen) atoms. The first-order valence-electron chi connectivity index (χ1n) is 11.5. The number of carbonyl (C=O) groups excluding carboxylic acids is 1. The second kappa shape index (κ2) is 8.67. The molecule has 4 aromatic rings. The summed E-state index contributed by atoms with van der Waals surface area (Å²) in [7, 11) is 0. The highest BCUT2D eigenvalue weighted by Crippen LogP contribution is 2.35. The number of nitrogens with two attached hydrogens (primary N) is 2. The first kappa shape index (κ1) is 21.7. The molecule has 1 aromatic carbocycles. The zero-order valence-corrected chi connectivity index (χ0v) is 19.0. The average Bonchev–Trinajstić information content (AvgIpc) is 3.75. The van der Waals surface area contributed by atoms with Crippen molar-refractivity contribution < 1.29 is 4.79 Å². The standard InChI is InChI=1S/C19H19NO.C7H7N5O/c1-2-16-12-15-5-3-4-14(9-8-13-6-7-13)18(15)19(21)20(16)17-10-11-17;8-5-4(6(9)13)7-10-2-1-3-12(7)11-5/h3-5,12-13,17H,2,6-7,10-11H2,1H3;1-3H,(H2,8,11)(H2,9,13). The number of primary amides is 1. The van der Waals surface area contributed by atoms with Crippen LogP contribution in [0.4, 0.5) is 5.82 Å². The number of carbonyl (C=O) groups is 1. The molecular formula is C26H26N6O2. The van der Waals surface area contributed by atoms with Gasteiger partial charge in [-0.1, -0.05) is 30.9 Å². The fourth-order valence-corrected chi connectivity index (χ4v) is 4.09. The summed E-state index contributed by atoms with van der Waals surface area (Å²) < 4.78 is 3.43. The van der Waals surface area contributed by atoms with E-state index in [-0.39, 0.29) is 16.9 Å². The molecule has 4 N–H and O–H groups in total. The lowest BCUT2D eigenvalue weighted by molar-refractivity contribution is 0.100. The largest absolute Gasteiger partial charge is 0.381 e. The van der Waals surface area contributed by atoms with Crippen molar-refractivity contribution in [2.75, 3.05) is 5.73 Å². The normalized spacial score (nSPS) is 14.9. The maximum absolute atomic E-state index is 13.0. The number of anilines is 1. The molecule has 0 radical (unpaired) electrons. The lowest BCUT2D eigenvalue weighted by Gasteiger charge is -2.13. The predicted molar refractivity (Wildman–Crippen MR) is 131 cm³/mol. The Kier molecular flexibility index (Phi) is 5.54. The van der Waals surface area contributed by atoms with Gasteiger partial charge in [0.05, 0.1) is 5.39 Å². The van der Waals surface area contributed by atoms with E-state index in [1.54, 1.807) is 18.5 Å². The van der Waals surface area contributed by atoms with Crippen molar-refractivity contribution in [2.24, 2.45) is 11.7 Å². The molecule has 3 heterocycles. The molecule has 2 aliphatic carbocycles. The van der Waals surface area contributed by atoms with Gasteiger partial charge in [-0.2, -0.15) is 0 Å². The predicted octanol–water partition coefficient (Wildman–Crippen LogP) is 3.07. The molecule has 0 aliphatic heterocycles. The summed E-state index contributed by atoms with van der Waals surface area (Å²) in [5.41, 5.74) is 13.4. The third kappa shape index (κ3) is 4.13. The van der Waals surface area contributed by atoms with Crippen LogP contribution in [-0.2, 0) is 6.42 Å². The molecule has 2 saturated carbocycles. The van der Waals surface area contributed by atoms with Crippen LogP contribution in [-0.4, -0.2) is 25.1 Å². The summed E-state index contributed by atoms with van der Waals surface area (Å²) in [4.78, 5) is 27.9. The minimum absolute atomic E-state index is 0.103. The Morgan fingerprint density at radius 3 is 2.68 bits per heavy atom. The van der Waals surface area contributed by atoms with Crippen molar-refractivity contribution in [1.82, 2.24) is 19.2 Å².